The smallest absolute Gasteiger partial charge is 0.292 e. The van der Waals surface area contributed by atoms with Crippen LogP contribution in [0.15, 0.2) is 59.0 Å². The van der Waals surface area contributed by atoms with Gasteiger partial charge in [-0.25, -0.2) is 0 Å². The molecule has 2 aromatic carbocycles. The number of carbonyl (C=O) groups excluding carboxylic acids is 1. The van der Waals surface area contributed by atoms with Gasteiger partial charge in [-0.15, -0.1) is 0 Å². The summed E-state index contributed by atoms with van der Waals surface area (Å²) in [6, 6.07) is 18.0. The summed E-state index contributed by atoms with van der Waals surface area (Å²) < 4.78 is 7.44. The predicted octanol–water partition coefficient (Wildman–Crippen LogP) is 4.86. The number of rotatable bonds is 4. The fourth-order valence-electron chi connectivity index (χ4n) is 3.06. The van der Waals surface area contributed by atoms with Gasteiger partial charge in [-0.2, -0.15) is 5.10 Å². The minimum absolute atomic E-state index is 0.294. The van der Waals surface area contributed by atoms with Crippen LogP contribution in [0.5, 0.6) is 0 Å². The fourth-order valence-corrected chi connectivity index (χ4v) is 3.06. The summed E-state index contributed by atoms with van der Waals surface area (Å²) in [4.78, 5) is 12.6. The average Bonchev–Trinajstić information content (AvgIpc) is 3.18. The summed E-state index contributed by atoms with van der Waals surface area (Å²) in [5.74, 6) is 1.28. The van der Waals surface area contributed by atoms with E-state index in [0.717, 1.165) is 27.8 Å². The fraction of sp³-hybridized carbons (Fsp3) is 0.182. The minimum atomic E-state index is -0.295. The van der Waals surface area contributed by atoms with Gasteiger partial charge in [0.05, 0.1) is 12.1 Å². The van der Waals surface area contributed by atoms with Crippen LogP contribution in [-0.4, -0.2) is 15.7 Å². The molecule has 136 valence electrons. The zero-order valence-corrected chi connectivity index (χ0v) is 15.6. The van der Waals surface area contributed by atoms with Crippen molar-refractivity contribution in [3.63, 3.8) is 0 Å². The molecular formula is C22H21N3O2. The van der Waals surface area contributed by atoms with E-state index >= 15 is 0 Å². The number of hydrogen-bond donors (Lipinski definition) is 1. The number of carbonyl (C=O) groups is 1. The maximum atomic E-state index is 12.6. The third-order valence-electron chi connectivity index (χ3n) is 4.73. The van der Waals surface area contributed by atoms with Gasteiger partial charge < -0.3 is 9.73 Å². The number of hydrogen-bond acceptors (Lipinski definition) is 3. The van der Waals surface area contributed by atoms with Gasteiger partial charge in [0.25, 0.3) is 5.91 Å². The number of furan rings is 1. The third kappa shape index (κ3) is 3.36. The van der Waals surface area contributed by atoms with Crippen molar-refractivity contribution in [1.82, 2.24) is 9.78 Å². The van der Waals surface area contributed by atoms with E-state index in [9.17, 15) is 4.79 Å². The molecule has 4 aromatic rings. The second kappa shape index (κ2) is 6.76. The van der Waals surface area contributed by atoms with Crippen molar-refractivity contribution in [1.29, 1.82) is 0 Å². The number of amides is 1. The Kier molecular flexibility index (Phi) is 4.28. The highest BCUT2D eigenvalue weighted by Gasteiger charge is 2.17. The number of nitrogens with one attached hydrogen (secondary N) is 1. The highest BCUT2D eigenvalue weighted by molar-refractivity contribution is 6.06. The van der Waals surface area contributed by atoms with Gasteiger partial charge in [0.1, 0.15) is 5.76 Å². The molecule has 2 aromatic heterocycles. The zero-order valence-electron chi connectivity index (χ0n) is 15.6. The Bertz CT molecular complexity index is 1100. The van der Waals surface area contributed by atoms with Crippen LogP contribution in [0.3, 0.4) is 0 Å². The van der Waals surface area contributed by atoms with Gasteiger partial charge in [0, 0.05) is 5.39 Å². The van der Waals surface area contributed by atoms with Crippen molar-refractivity contribution in [2.45, 2.75) is 27.3 Å². The lowest BCUT2D eigenvalue weighted by Gasteiger charge is -2.04. The van der Waals surface area contributed by atoms with Crippen molar-refractivity contribution in [2.24, 2.45) is 0 Å². The molecule has 0 aliphatic carbocycles. The number of aromatic nitrogens is 2. The van der Waals surface area contributed by atoms with E-state index < -0.39 is 0 Å². The van der Waals surface area contributed by atoms with Crippen molar-refractivity contribution >= 4 is 22.6 Å². The van der Waals surface area contributed by atoms with E-state index in [0.29, 0.717) is 18.1 Å². The van der Waals surface area contributed by atoms with Crippen LogP contribution < -0.4 is 5.32 Å². The molecule has 1 N–H and O–H groups in total. The Hall–Kier alpha value is -3.34. The second-order valence-corrected chi connectivity index (χ2v) is 6.81. The molecule has 0 spiro atoms. The van der Waals surface area contributed by atoms with E-state index in [1.807, 2.05) is 42.8 Å². The lowest BCUT2D eigenvalue weighted by Crippen LogP contribution is -2.12. The first kappa shape index (κ1) is 17.1. The van der Waals surface area contributed by atoms with Crippen LogP contribution in [0, 0.1) is 20.8 Å². The number of fused-ring (bicyclic) bond motifs is 1. The average molecular weight is 359 g/mol. The molecule has 1 amide bonds. The number of para-hydroxylation sites is 1. The van der Waals surface area contributed by atoms with Gasteiger partial charge in [-0.05, 0) is 50.1 Å². The first-order chi connectivity index (χ1) is 13.0. The van der Waals surface area contributed by atoms with Crippen LogP contribution in [0.25, 0.3) is 10.9 Å². The third-order valence-corrected chi connectivity index (χ3v) is 4.73. The van der Waals surface area contributed by atoms with Gasteiger partial charge in [0.15, 0.2) is 11.6 Å². The number of benzene rings is 2. The topological polar surface area (TPSA) is 60.1 Å². The first-order valence-electron chi connectivity index (χ1n) is 8.91. The van der Waals surface area contributed by atoms with Crippen LogP contribution in [0.2, 0.25) is 0 Å². The molecule has 0 bridgehead atoms. The number of nitrogens with zero attached hydrogens (tertiary/aromatic N) is 2. The molecule has 0 aliphatic heterocycles. The maximum absolute atomic E-state index is 12.6. The van der Waals surface area contributed by atoms with E-state index in [1.165, 1.54) is 5.56 Å². The van der Waals surface area contributed by atoms with Crippen LogP contribution in [0.1, 0.15) is 33.0 Å². The summed E-state index contributed by atoms with van der Waals surface area (Å²) in [6.45, 7) is 6.47. The number of aryl methyl sites for hydroxylation is 3. The standard InChI is InChI=1S/C22H21N3O2/c1-14-8-10-17(11-9-14)13-25-19-7-5-4-6-18(19)21(24-25)23-22(26)20-12-15(2)16(3)27-20/h4-12H,13H2,1-3H3,(H,23,24,26). The summed E-state index contributed by atoms with van der Waals surface area (Å²) in [5, 5.41) is 8.44. The highest BCUT2D eigenvalue weighted by Crippen LogP contribution is 2.24. The molecule has 2 heterocycles. The van der Waals surface area contributed by atoms with Crippen molar-refractivity contribution in [3.8, 4) is 0 Å². The van der Waals surface area contributed by atoms with E-state index in [1.54, 1.807) is 6.07 Å². The number of anilines is 1. The largest absolute Gasteiger partial charge is 0.456 e. The monoisotopic (exact) mass is 359 g/mol. The normalized spacial score (nSPS) is 11.1. The van der Waals surface area contributed by atoms with E-state index in [-0.39, 0.29) is 5.91 Å². The Balaban J connectivity index is 1.67. The van der Waals surface area contributed by atoms with Gasteiger partial charge in [-0.1, -0.05) is 42.0 Å². The lowest BCUT2D eigenvalue weighted by molar-refractivity contribution is 0.0995. The quantitative estimate of drug-likeness (QED) is 0.566. The Morgan fingerprint density at radius 2 is 1.81 bits per heavy atom. The van der Waals surface area contributed by atoms with Gasteiger partial charge in [-0.3, -0.25) is 9.48 Å². The molecule has 0 saturated heterocycles. The first-order valence-corrected chi connectivity index (χ1v) is 8.91. The second-order valence-electron chi connectivity index (χ2n) is 6.81. The van der Waals surface area contributed by atoms with Crippen molar-refractivity contribution < 1.29 is 9.21 Å². The van der Waals surface area contributed by atoms with E-state index in [4.69, 9.17) is 4.42 Å². The Morgan fingerprint density at radius 3 is 2.52 bits per heavy atom. The van der Waals surface area contributed by atoms with Crippen LogP contribution >= 0.6 is 0 Å². The lowest BCUT2D eigenvalue weighted by atomic mass is 10.1. The summed E-state index contributed by atoms with van der Waals surface area (Å²) in [7, 11) is 0. The molecule has 0 atom stereocenters. The molecule has 0 unspecified atom stereocenters. The molecule has 5 heteroatoms. The zero-order chi connectivity index (χ0) is 19.0. The SMILES string of the molecule is Cc1ccc(Cn2nc(NC(=O)c3cc(C)c(C)o3)c3ccccc32)cc1. The van der Waals surface area contributed by atoms with Crippen LogP contribution in [-0.2, 0) is 6.54 Å². The van der Waals surface area contributed by atoms with E-state index in [2.05, 4.69) is 41.6 Å². The highest BCUT2D eigenvalue weighted by atomic mass is 16.3. The summed E-state index contributed by atoms with van der Waals surface area (Å²) in [6.07, 6.45) is 0. The maximum Gasteiger partial charge on any atom is 0.292 e. The van der Waals surface area contributed by atoms with Gasteiger partial charge in [0.2, 0.25) is 0 Å². The molecule has 0 radical (unpaired) electrons. The Labute approximate surface area is 157 Å². The minimum Gasteiger partial charge on any atom is -0.456 e. The predicted molar refractivity (Wildman–Crippen MR) is 106 cm³/mol. The molecule has 27 heavy (non-hydrogen) atoms. The summed E-state index contributed by atoms with van der Waals surface area (Å²) >= 11 is 0. The Morgan fingerprint density at radius 1 is 1.07 bits per heavy atom. The van der Waals surface area contributed by atoms with Crippen molar-refractivity contribution in [3.05, 3.63) is 82.8 Å². The van der Waals surface area contributed by atoms with Gasteiger partial charge >= 0.3 is 0 Å². The molecule has 4 rings (SSSR count). The molecule has 0 aliphatic rings. The molecule has 5 nitrogen and oxygen atoms in total. The molecule has 0 fully saturated rings. The van der Waals surface area contributed by atoms with Crippen LogP contribution in [0.4, 0.5) is 5.82 Å². The molecular weight excluding hydrogens is 338 g/mol. The molecule has 0 saturated carbocycles. The van der Waals surface area contributed by atoms with Crippen molar-refractivity contribution in [2.75, 3.05) is 5.32 Å². The summed E-state index contributed by atoms with van der Waals surface area (Å²) in [5.41, 5.74) is 4.31.